The van der Waals surface area contributed by atoms with Crippen LogP contribution in [0.2, 0.25) is 0 Å². The van der Waals surface area contributed by atoms with E-state index in [4.69, 9.17) is 0 Å². The normalized spacial score (nSPS) is 18.3. The number of rotatable bonds is 6. The van der Waals surface area contributed by atoms with Crippen LogP contribution in [0, 0.1) is 5.92 Å². The van der Waals surface area contributed by atoms with Crippen molar-refractivity contribution in [2.24, 2.45) is 5.92 Å². The van der Waals surface area contributed by atoms with Gasteiger partial charge in [0.05, 0.1) is 17.2 Å². The molecule has 1 aliphatic heterocycles. The van der Waals surface area contributed by atoms with Crippen LogP contribution in [0.4, 0.5) is 26.3 Å². The van der Waals surface area contributed by atoms with Crippen LogP contribution in [0.1, 0.15) is 42.9 Å². The van der Waals surface area contributed by atoms with Gasteiger partial charge in [-0.1, -0.05) is 0 Å². The van der Waals surface area contributed by atoms with Crippen molar-refractivity contribution in [2.45, 2.75) is 51.1 Å². The molecule has 1 saturated heterocycles. The van der Waals surface area contributed by atoms with Crippen molar-refractivity contribution in [3.63, 3.8) is 0 Å². The molecule has 3 nitrogen and oxygen atoms in total. The van der Waals surface area contributed by atoms with Crippen molar-refractivity contribution >= 4 is 5.78 Å². The lowest BCUT2D eigenvalue weighted by Crippen LogP contribution is -2.38. The maximum atomic E-state index is 12.9. The van der Waals surface area contributed by atoms with Crippen LogP contribution >= 0.6 is 0 Å². The van der Waals surface area contributed by atoms with Crippen molar-refractivity contribution in [3.05, 3.63) is 34.9 Å². The van der Waals surface area contributed by atoms with Crippen LogP contribution in [0.3, 0.4) is 0 Å². The van der Waals surface area contributed by atoms with E-state index in [-0.39, 0.29) is 29.8 Å². The van der Waals surface area contributed by atoms with Crippen LogP contribution in [-0.2, 0) is 23.6 Å². The van der Waals surface area contributed by atoms with Crippen LogP contribution < -0.4 is 0 Å². The Morgan fingerprint density at radius 1 is 1.07 bits per heavy atom. The highest BCUT2D eigenvalue weighted by molar-refractivity contribution is 5.81. The van der Waals surface area contributed by atoms with Gasteiger partial charge in [0, 0.05) is 19.4 Å². The fraction of sp³-hybridized carbons (Fsp3) is 0.632. The first-order valence-corrected chi connectivity index (χ1v) is 9.05. The number of aliphatic hydroxyl groups excluding tert-OH is 1. The van der Waals surface area contributed by atoms with E-state index in [2.05, 4.69) is 4.90 Å². The van der Waals surface area contributed by atoms with Gasteiger partial charge in [0.2, 0.25) is 0 Å². The Morgan fingerprint density at radius 3 is 2.00 bits per heavy atom. The highest BCUT2D eigenvalue weighted by atomic mass is 19.4. The average Bonchev–Trinajstić information content (AvgIpc) is 2.54. The topological polar surface area (TPSA) is 40.5 Å². The number of piperidine rings is 1. The smallest absolute Gasteiger partial charge is 0.392 e. The first kappa shape index (κ1) is 22.7. The summed E-state index contributed by atoms with van der Waals surface area (Å²) in [5, 5.41) is 9.38. The summed E-state index contributed by atoms with van der Waals surface area (Å²) in [6.45, 7) is 3.61. The first-order valence-electron chi connectivity index (χ1n) is 9.05. The van der Waals surface area contributed by atoms with Gasteiger partial charge in [-0.3, -0.25) is 4.79 Å². The zero-order valence-corrected chi connectivity index (χ0v) is 15.4. The summed E-state index contributed by atoms with van der Waals surface area (Å²) in [6.07, 6.45) is -9.22. The number of hydrogen-bond acceptors (Lipinski definition) is 3. The molecule has 0 bridgehead atoms. The van der Waals surface area contributed by atoms with E-state index >= 15 is 0 Å². The summed E-state index contributed by atoms with van der Waals surface area (Å²) >= 11 is 0. The number of carbonyl (C=O) groups excluding carboxylic acids is 1. The number of Topliss-reactive ketones (excluding diaryl/α,β-unsaturated/α-hetero) is 1. The van der Waals surface area contributed by atoms with Crippen LogP contribution in [0.15, 0.2) is 18.2 Å². The van der Waals surface area contributed by atoms with E-state index in [0.29, 0.717) is 44.6 Å². The molecular weight excluding hydrogens is 388 g/mol. The maximum Gasteiger partial charge on any atom is 0.416 e. The zero-order valence-electron chi connectivity index (χ0n) is 15.4. The molecule has 1 fully saturated rings. The average molecular weight is 411 g/mol. The van der Waals surface area contributed by atoms with E-state index in [1.165, 1.54) is 0 Å². The third-order valence-electron chi connectivity index (χ3n) is 4.79. The first-order chi connectivity index (χ1) is 12.8. The van der Waals surface area contributed by atoms with Crippen molar-refractivity contribution in [2.75, 3.05) is 19.6 Å². The fourth-order valence-corrected chi connectivity index (χ4v) is 3.49. The number of carbonyl (C=O) groups is 1. The summed E-state index contributed by atoms with van der Waals surface area (Å²) in [7, 11) is 0. The number of benzene rings is 1. The number of nitrogens with zero attached hydrogens (tertiary/aromatic N) is 1. The lowest BCUT2D eigenvalue weighted by atomic mass is 9.89. The standard InChI is InChI=1S/C19H23F6NO2/c1-12(27)11-26-4-2-13(3-5-26)8-17(28)9-14-6-15(18(20,21)22)10-16(7-14)19(23,24)25/h6-7,10,12-13,27H,2-5,8-9,11H2,1H3. The van der Waals surface area contributed by atoms with E-state index in [1.54, 1.807) is 6.92 Å². The molecule has 1 aromatic carbocycles. The second-order valence-electron chi connectivity index (χ2n) is 7.43. The van der Waals surface area contributed by atoms with Gasteiger partial charge in [0.15, 0.2) is 0 Å². The Balaban J connectivity index is 2.02. The predicted molar refractivity (Wildman–Crippen MR) is 90.6 cm³/mol. The monoisotopic (exact) mass is 411 g/mol. The Hall–Kier alpha value is -1.61. The van der Waals surface area contributed by atoms with Gasteiger partial charge >= 0.3 is 12.4 Å². The minimum absolute atomic E-state index is 0.0469. The molecule has 1 heterocycles. The van der Waals surface area contributed by atoms with Crippen molar-refractivity contribution in [1.29, 1.82) is 0 Å². The number of likely N-dealkylation sites (tertiary alicyclic amines) is 1. The van der Waals surface area contributed by atoms with Crippen molar-refractivity contribution in [3.8, 4) is 0 Å². The lowest BCUT2D eigenvalue weighted by molar-refractivity contribution is -0.143. The minimum Gasteiger partial charge on any atom is -0.392 e. The Morgan fingerprint density at radius 2 is 1.57 bits per heavy atom. The number of alkyl halides is 6. The molecule has 1 atom stereocenters. The largest absolute Gasteiger partial charge is 0.416 e. The quantitative estimate of drug-likeness (QED) is 0.709. The Labute approximate surface area is 159 Å². The molecule has 1 aliphatic rings. The lowest BCUT2D eigenvalue weighted by Gasteiger charge is -2.32. The van der Waals surface area contributed by atoms with E-state index in [1.807, 2.05) is 0 Å². The van der Waals surface area contributed by atoms with Crippen molar-refractivity contribution in [1.82, 2.24) is 4.90 Å². The van der Waals surface area contributed by atoms with Crippen LogP contribution in [0.5, 0.6) is 0 Å². The van der Waals surface area contributed by atoms with Gasteiger partial charge in [0.25, 0.3) is 0 Å². The molecule has 0 saturated carbocycles. The van der Waals surface area contributed by atoms with Gasteiger partial charge in [0.1, 0.15) is 5.78 Å². The van der Waals surface area contributed by atoms with Gasteiger partial charge in [-0.2, -0.15) is 26.3 Å². The summed E-state index contributed by atoms with van der Waals surface area (Å²) in [5.74, 6) is -0.327. The second kappa shape index (κ2) is 8.82. The molecular formula is C19H23F6NO2. The van der Waals surface area contributed by atoms with E-state index in [0.717, 1.165) is 0 Å². The summed E-state index contributed by atoms with van der Waals surface area (Å²) in [6, 6.07) is 1.28. The SMILES string of the molecule is CC(O)CN1CCC(CC(=O)Cc2cc(C(F)(F)F)cc(C(F)(F)F)c2)CC1. The van der Waals surface area contributed by atoms with E-state index in [9.17, 15) is 36.2 Å². The molecule has 28 heavy (non-hydrogen) atoms. The van der Waals surface area contributed by atoms with Crippen LogP contribution in [-0.4, -0.2) is 41.5 Å². The Kier molecular flexibility index (Phi) is 7.14. The molecule has 1 N–H and O–H groups in total. The highest BCUT2D eigenvalue weighted by Gasteiger charge is 2.37. The van der Waals surface area contributed by atoms with Gasteiger partial charge in [-0.25, -0.2) is 0 Å². The molecule has 0 aromatic heterocycles. The number of β-amino-alcohol motifs (C(OH)–C–C–N with tert-alkyl or cyclic N) is 1. The van der Waals surface area contributed by atoms with Crippen molar-refractivity contribution < 1.29 is 36.2 Å². The molecule has 1 unspecified atom stereocenters. The number of aliphatic hydroxyl groups is 1. The van der Waals surface area contributed by atoms with Gasteiger partial charge < -0.3 is 10.0 Å². The molecule has 2 rings (SSSR count). The van der Waals surface area contributed by atoms with Crippen LogP contribution in [0.25, 0.3) is 0 Å². The molecule has 0 spiro atoms. The molecule has 0 radical (unpaired) electrons. The summed E-state index contributed by atoms with van der Waals surface area (Å²) < 4.78 is 77.4. The third kappa shape index (κ3) is 6.77. The number of halogens is 6. The van der Waals surface area contributed by atoms with Gasteiger partial charge in [-0.05, 0) is 62.5 Å². The third-order valence-corrected chi connectivity index (χ3v) is 4.79. The number of ketones is 1. The molecule has 1 aromatic rings. The molecule has 9 heteroatoms. The summed E-state index contributed by atoms with van der Waals surface area (Å²) in [5.41, 5.74) is -3.09. The zero-order chi connectivity index (χ0) is 21.1. The summed E-state index contributed by atoms with van der Waals surface area (Å²) in [4.78, 5) is 14.3. The maximum absolute atomic E-state index is 12.9. The highest BCUT2D eigenvalue weighted by Crippen LogP contribution is 2.36. The molecule has 158 valence electrons. The molecule has 0 aliphatic carbocycles. The second-order valence-corrected chi connectivity index (χ2v) is 7.43. The molecule has 0 amide bonds. The van der Waals surface area contributed by atoms with Gasteiger partial charge in [-0.15, -0.1) is 0 Å². The Bertz CT molecular complexity index is 644. The predicted octanol–water partition coefficient (Wildman–Crippen LogP) is 4.32. The van der Waals surface area contributed by atoms with E-state index < -0.39 is 36.0 Å². The number of hydrogen-bond donors (Lipinski definition) is 1. The fourth-order valence-electron chi connectivity index (χ4n) is 3.49. The minimum atomic E-state index is -4.92.